The fraction of sp³-hybridized carbons (Fsp3) is 0.0417. The number of non-ortho nitro benzene ring substituents is 1. The SMILES string of the molecule is Cc1c(Cl)cccc1N1C(=O)NC(=O)/C(=C\c2ccccc2Oc2ccc([N+](=O)[O-])cc2[N+](=O)[O-])C1=O. The number of carbonyl (C=O) groups is 3. The molecule has 12 nitrogen and oxygen atoms in total. The summed E-state index contributed by atoms with van der Waals surface area (Å²) in [5.41, 5.74) is -0.773. The van der Waals surface area contributed by atoms with E-state index in [2.05, 4.69) is 5.32 Å². The van der Waals surface area contributed by atoms with Crippen LogP contribution in [0.2, 0.25) is 5.02 Å². The summed E-state index contributed by atoms with van der Waals surface area (Å²) >= 11 is 6.13. The Morgan fingerprint density at radius 1 is 0.946 bits per heavy atom. The minimum atomic E-state index is -0.956. The zero-order valence-electron chi connectivity index (χ0n) is 18.8. The van der Waals surface area contributed by atoms with Crippen LogP contribution in [-0.4, -0.2) is 27.7 Å². The first-order valence-electron chi connectivity index (χ1n) is 10.4. The van der Waals surface area contributed by atoms with Crippen molar-refractivity contribution in [2.45, 2.75) is 6.92 Å². The lowest BCUT2D eigenvalue weighted by Gasteiger charge is -2.27. The van der Waals surface area contributed by atoms with Crippen LogP contribution < -0.4 is 15.0 Å². The molecule has 3 aromatic rings. The van der Waals surface area contributed by atoms with Gasteiger partial charge in [0.2, 0.25) is 5.75 Å². The molecule has 1 N–H and O–H groups in total. The number of barbiturate groups is 1. The fourth-order valence-electron chi connectivity index (χ4n) is 3.53. The molecule has 0 unspecified atom stereocenters. The zero-order valence-corrected chi connectivity index (χ0v) is 19.6. The van der Waals surface area contributed by atoms with Gasteiger partial charge in [0.25, 0.3) is 17.5 Å². The number of imide groups is 2. The standard InChI is InChI=1S/C24H15ClN4O8/c1-13-17(25)6-4-7-18(13)27-23(31)16(22(30)26-24(27)32)11-14-5-2-3-8-20(14)37-21-10-9-15(28(33)34)12-19(21)29(35)36/h2-12H,1H3,(H,26,30,32)/b16-11+. The molecule has 4 amide bonds. The summed E-state index contributed by atoms with van der Waals surface area (Å²) in [7, 11) is 0. The molecule has 37 heavy (non-hydrogen) atoms. The maximum Gasteiger partial charge on any atom is 0.335 e. The van der Waals surface area contributed by atoms with E-state index < -0.39 is 44.6 Å². The molecule has 0 bridgehead atoms. The van der Waals surface area contributed by atoms with Crippen LogP contribution in [0.25, 0.3) is 6.08 Å². The first-order chi connectivity index (χ1) is 17.6. The van der Waals surface area contributed by atoms with Gasteiger partial charge in [-0.3, -0.25) is 35.1 Å². The van der Waals surface area contributed by atoms with E-state index >= 15 is 0 Å². The summed E-state index contributed by atoms with van der Waals surface area (Å²) in [6, 6.07) is 12.6. The number of hydrogen-bond donors (Lipinski definition) is 1. The fourth-order valence-corrected chi connectivity index (χ4v) is 3.70. The van der Waals surface area contributed by atoms with E-state index in [0.717, 1.165) is 23.1 Å². The second kappa shape index (κ2) is 9.87. The Kier molecular flexibility index (Phi) is 6.67. The molecule has 0 aliphatic carbocycles. The Balaban J connectivity index is 1.75. The van der Waals surface area contributed by atoms with Crippen molar-refractivity contribution < 1.29 is 29.0 Å². The van der Waals surface area contributed by atoms with Crippen LogP contribution in [0.4, 0.5) is 21.9 Å². The van der Waals surface area contributed by atoms with Crippen LogP contribution in [0.3, 0.4) is 0 Å². The van der Waals surface area contributed by atoms with E-state index in [1.165, 1.54) is 24.3 Å². The van der Waals surface area contributed by atoms with Crippen molar-refractivity contribution in [3.8, 4) is 11.5 Å². The van der Waals surface area contributed by atoms with E-state index in [0.29, 0.717) is 10.6 Å². The Hall–Kier alpha value is -5.10. The lowest BCUT2D eigenvalue weighted by atomic mass is 10.0. The first-order valence-corrected chi connectivity index (χ1v) is 10.8. The molecular formula is C24H15ClN4O8. The van der Waals surface area contributed by atoms with Crippen LogP contribution in [0.1, 0.15) is 11.1 Å². The minimum absolute atomic E-state index is 0.00920. The summed E-state index contributed by atoms with van der Waals surface area (Å²) in [5, 5.41) is 24.9. The summed E-state index contributed by atoms with van der Waals surface area (Å²) in [4.78, 5) is 60.0. The number of benzene rings is 3. The molecule has 1 heterocycles. The number of halogens is 1. The van der Waals surface area contributed by atoms with Crippen molar-refractivity contribution in [3.05, 3.63) is 103 Å². The molecule has 0 saturated carbocycles. The molecule has 0 radical (unpaired) electrons. The van der Waals surface area contributed by atoms with Gasteiger partial charge in [-0.05, 0) is 42.8 Å². The predicted octanol–water partition coefficient (Wildman–Crippen LogP) is 4.92. The number of anilines is 1. The van der Waals surface area contributed by atoms with Gasteiger partial charge in [-0.2, -0.15) is 0 Å². The average Bonchev–Trinajstić information content (AvgIpc) is 2.85. The van der Waals surface area contributed by atoms with Crippen molar-refractivity contribution in [2.24, 2.45) is 0 Å². The number of carbonyl (C=O) groups excluding carboxylic acids is 3. The van der Waals surface area contributed by atoms with Crippen LogP contribution >= 0.6 is 11.6 Å². The lowest BCUT2D eigenvalue weighted by Crippen LogP contribution is -2.54. The van der Waals surface area contributed by atoms with Gasteiger partial charge >= 0.3 is 11.7 Å². The lowest BCUT2D eigenvalue weighted by molar-refractivity contribution is -0.394. The highest BCUT2D eigenvalue weighted by Gasteiger charge is 2.38. The Morgan fingerprint density at radius 3 is 2.38 bits per heavy atom. The number of rotatable bonds is 6. The van der Waals surface area contributed by atoms with E-state index in [-0.39, 0.29) is 22.7 Å². The summed E-state index contributed by atoms with van der Waals surface area (Å²) < 4.78 is 5.67. The van der Waals surface area contributed by atoms with Gasteiger partial charge in [0.15, 0.2) is 0 Å². The molecule has 0 spiro atoms. The third-order valence-corrected chi connectivity index (χ3v) is 5.78. The number of ether oxygens (including phenoxy) is 1. The molecule has 0 aromatic heterocycles. The van der Waals surface area contributed by atoms with Crippen LogP contribution in [-0.2, 0) is 9.59 Å². The summed E-state index contributed by atoms with van der Waals surface area (Å²) in [6.45, 7) is 1.61. The highest BCUT2D eigenvalue weighted by atomic mass is 35.5. The summed E-state index contributed by atoms with van der Waals surface area (Å²) in [5.74, 6) is -2.17. The third kappa shape index (κ3) is 4.86. The largest absolute Gasteiger partial charge is 0.449 e. The molecule has 1 aliphatic rings. The third-order valence-electron chi connectivity index (χ3n) is 5.37. The van der Waals surface area contributed by atoms with Gasteiger partial charge in [-0.25, -0.2) is 9.69 Å². The maximum atomic E-state index is 13.3. The monoisotopic (exact) mass is 522 g/mol. The molecular weight excluding hydrogens is 508 g/mol. The number of hydrogen-bond acceptors (Lipinski definition) is 8. The predicted molar refractivity (Wildman–Crippen MR) is 131 cm³/mol. The molecule has 1 aliphatic heterocycles. The van der Waals surface area contributed by atoms with Crippen molar-refractivity contribution in [3.63, 3.8) is 0 Å². The maximum absolute atomic E-state index is 13.3. The van der Waals surface area contributed by atoms with Crippen LogP contribution in [0, 0.1) is 27.2 Å². The smallest absolute Gasteiger partial charge is 0.335 e. The topological polar surface area (TPSA) is 162 Å². The summed E-state index contributed by atoms with van der Waals surface area (Å²) in [6.07, 6.45) is 1.17. The van der Waals surface area contributed by atoms with Gasteiger partial charge < -0.3 is 4.74 Å². The van der Waals surface area contributed by atoms with E-state index in [1.807, 2.05) is 0 Å². The second-order valence-corrected chi connectivity index (χ2v) is 8.06. The number of urea groups is 1. The zero-order chi connectivity index (χ0) is 26.9. The Bertz CT molecular complexity index is 1530. The van der Waals surface area contributed by atoms with Crippen LogP contribution in [0.15, 0.2) is 66.2 Å². The highest BCUT2D eigenvalue weighted by molar-refractivity contribution is 6.40. The van der Waals surface area contributed by atoms with E-state index in [4.69, 9.17) is 16.3 Å². The quantitative estimate of drug-likeness (QED) is 0.206. The molecule has 13 heteroatoms. The molecule has 186 valence electrons. The van der Waals surface area contributed by atoms with Crippen molar-refractivity contribution in [2.75, 3.05) is 4.90 Å². The molecule has 0 atom stereocenters. The number of nitrogens with one attached hydrogen (secondary N) is 1. The van der Waals surface area contributed by atoms with Crippen molar-refractivity contribution in [1.29, 1.82) is 0 Å². The Morgan fingerprint density at radius 2 is 1.68 bits per heavy atom. The van der Waals surface area contributed by atoms with E-state index in [9.17, 15) is 34.6 Å². The Labute approximate surface area is 213 Å². The van der Waals surface area contributed by atoms with Gasteiger partial charge in [-0.1, -0.05) is 35.9 Å². The average molecular weight is 523 g/mol. The normalized spacial score (nSPS) is 14.5. The number of nitro benzene ring substituents is 2. The number of amides is 4. The number of nitrogens with zero attached hydrogens (tertiary/aromatic N) is 3. The van der Waals surface area contributed by atoms with E-state index in [1.54, 1.807) is 31.2 Å². The molecule has 4 rings (SSSR count). The molecule has 3 aromatic carbocycles. The van der Waals surface area contributed by atoms with Crippen molar-refractivity contribution in [1.82, 2.24) is 5.32 Å². The first kappa shape index (κ1) is 25.0. The van der Waals surface area contributed by atoms with Gasteiger partial charge in [0.1, 0.15) is 11.3 Å². The number of nitro groups is 2. The molecule has 1 saturated heterocycles. The van der Waals surface area contributed by atoms with Crippen molar-refractivity contribution >= 4 is 52.6 Å². The van der Waals surface area contributed by atoms with Crippen LogP contribution in [0.5, 0.6) is 11.5 Å². The number of para-hydroxylation sites is 1. The van der Waals surface area contributed by atoms with Gasteiger partial charge in [0.05, 0.1) is 21.6 Å². The second-order valence-electron chi connectivity index (χ2n) is 7.65. The minimum Gasteiger partial charge on any atom is -0.449 e. The van der Waals surface area contributed by atoms with Gasteiger partial charge in [-0.15, -0.1) is 0 Å². The highest BCUT2D eigenvalue weighted by Crippen LogP contribution is 2.36. The molecule has 1 fully saturated rings. The van der Waals surface area contributed by atoms with Gasteiger partial charge in [0, 0.05) is 16.7 Å².